The number of benzene rings is 2. The molecule has 0 amide bonds. The molecule has 2 aromatic carbocycles. The first-order valence-electron chi connectivity index (χ1n) is 11.9. The molecule has 4 aromatic rings. The van der Waals surface area contributed by atoms with Gasteiger partial charge in [0.05, 0.1) is 11.6 Å². The van der Waals surface area contributed by atoms with Crippen molar-refractivity contribution < 1.29 is 0 Å². The van der Waals surface area contributed by atoms with E-state index in [2.05, 4.69) is 55.5 Å². The first-order valence-corrected chi connectivity index (χ1v) is 13.6. The summed E-state index contributed by atoms with van der Waals surface area (Å²) >= 11 is 3.80. The summed E-state index contributed by atoms with van der Waals surface area (Å²) in [7, 11) is 0. The molecule has 0 radical (unpaired) electrons. The summed E-state index contributed by atoms with van der Waals surface area (Å²) in [6, 6.07) is 22.2. The lowest BCUT2D eigenvalue weighted by Gasteiger charge is -2.25. The maximum Gasteiger partial charge on any atom is 0.0991 e. The van der Waals surface area contributed by atoms with Crippen molar-refractivity contribution in [3.05, 3.63) is 71.3 Å². The van der Waals surface area contributed by atoms with Crippen LogP contribution in [0.4, 0.5) is 0 Å². The van der Waals surface area contributed by atoms with Crippen molar-refractivity contribution in [1.29, 1.82) is 5.26 Å². The van der Waals surface area contributed by atoms with Gasteiger partial charge in [0.25, 0.3) is 0 Å². The maximum absolute atomic E-state index is 9.05. The Labute approximate surface area is 199 Å². The number of rotatable bonds is 6. The highest BCUT2D eigenvalue weighted by Gasteiger charge is 2.21. The van der Waals surface area contributed by atoms with E-state index in [9.17, 15) is 0 Å². The number of fused-ring (bicyclic) bond motifs is 1. The Morgan fingerprint density at radius 1 is 0.875 bits per heavy atom. The third-order valence-electron chi connectivity index (χ3n) is 6.75. The molecular formula is C29H29NS2. The molecule has 32 heavy (non-hydrogen) atoms. The zero-order valence-corrected chi connectivity index (χ0v) is 20.3. The molecule has 0 bridgehead atoms. The van der Waals surface area contributed by atoms with Crippen LogP contribution in [0.15, 0.2) is 54.6 Å². The quantitative estimate of drug-likeness (QED) is 0.284. The summed E-state index contributed by atoms with van der Waals surface area (Å²) in [5.41, 5.74) is 6.48. The van der Waals surface area contributed by atoms with Gasteiger partial charge in [0, 0.05) is 19.2 Å². The number of hydrogen-bond acceptors (Lipinski definition) is 3. The number of hydrogen-bond donors (Lipinski definition) is 0. The van der Waals surface area contributed by atoms with E-state index in [1.54, 1.807) is 5.56 Å². The normalized spacial score (nSPS) is 14.6. The van der Waals surface area contributed by atoms with Gasteiger partial charge >= 0.3 is 0 Å². The molecule has 2 heterocycles. The molecule has 0 unspecified atom stereocenters. The van der Waals surface area contributed by atoms with Gasteiger partial charge in [-0.1, -0.05) is 62.9 Å². The third-order valence-corrected chi connectivity index (χ3v) is 9.13. The standard InChI is InChI=1S/C29H29NS2/c1-2-3-7-20-12-15-24(25(16-20)22-8-5-4-6-9-22)27-18-29-28(32-27)17-26(31-29)23-13-10-21(19-30)11-14-23/h10-18,22H,2-9H2,1H3. The molecule has 1 aliphatic carbocycles. The van der Waals surface area contributed by atoms with Crippen LogP contribution in [0.2, 0.25) is 0 Å². The summed E-state index contributed by atoms with van der Waals surface area (Å²) in [5, 5.41) is 9.05. The van der Waals surface area contributed by atoms with E-state index >= 15 is 0 Å². The van der Waals surface area contributed by atoms with Gasteiger partial charge in [-0.2, -0.15) is 5.26 Å². The fourth-order valence-corrected chi connectivity index (χ4v) is 7.39. The summed E-state index contributed by atoms with van der Waals surface area (Å²) < 4.78 is 2.74. The van der Waals surface area contributed by atoms with Crippen LogP contribution in [0, 0.1) is 11.3 Å². The molecule has 1 nitrogen and oxygen atoms in total. The van der Waals surface area contributed by atoms with Gasteiger partial charge in [0.1, 0.15) is 0 Å². The highest BCUT2D eigenvalue weighted by Crippen LogP contribution is 2.45. The fraction of sp³-hybridized carbons (Fsp3) is 0.345. The Hall–Kier alpha value is -2.41. The lowest BCUT2D eigenvalue weighted by atomic mass is 9.81. The second-order valence-corrected chi connectivity index (χ2v) is 11.2. The summed E-state index contributed by atoms with van der Waals surface area (Å²) in [6.07, 6.45) is 10.5. The van der Waals surface area contributed by atoms with Crippen LogP contribution in [-0.4, -0.2) is 0 Å². The largest absolute Gasteiger partial charge is 0.192 e. The predicted octanol–water partition coefficient (Wildman–Crippen LogP) is 9.56. The molecule has 1 aliphatic rings. The van der Waals surface area contributed by atoms with Gasteiger partial charge in [0.2, 0.25) is 0 Å². The second kappa shape index (κ2) is 9.61. The van der Waals surface area contributed by atoms with Gasteiger partial charge in [-0.05, 0) is 78.1 Å². The van der Waals surface area contributed by atoms with Crippen molar-refractivity contribution in [2.24, 2.45) is 0 Å². The number of unbranched alkanes of at least 4 members (excludes halogenated alkanes) is 1. The monoisotopic (exact) mass is 455 g/mol. The number of nitriles is 1. The van der Waals surface area contributed by atoms with Crippen LogP contribution < -0.4 is 0 Å². The molecule has 0 saturated heterocycles. The van der Waals surface area contributed by atoms with E-state index in [1.807, 2.05) is 34.8 Å². The summed E-state index contributed by atoms with van der Waals surface area (Å²) in [4.78, 5) is 2.70. The van der Waals surface area contributed by atoms with E-state index in [-0.39, 0.29) is 0 Å². The molecule has 0 spiro atoms. The zero-order chi connectivity index (χ0) is 21.9. The van der Waals surface area contributed by atoms with Crippen molar-refractivity contribution in [1.82, 2.24) is 0 Å². The average Bonchev–Trinajstić information content (AvgIpc) is 3.43. The fourth-order valence-electron chi connectivity index (χ4n) is 4.94. The molecule has 1 fully saturated rings. The molecular weight excluding hydrogens is 426 g/mol. The van der Waals surface area contributed by atoms with E-state index in [0.717, 1.165) is 5.92 Å². The topological polar surface area (TPSA) is 23.8 Å². The van der Waals surface area contributed by atoms with Crippen LogP contribution in [-0.2, 0) is 6.42 Å². The number of nitrogens with zero attached hydrogens (tertiary/aromatic N) is 1. The summed E-state index contributed by atoms with van der Waals surface area (Å²) in [5.74, 6) is 0.717. The second-order valence-electron chi connectivity index (χ2n) is 9.00. The van der Waals surface area contributed by atoms with Crippen LogP contribution in [0.1, 0.15) is 74.5 Å². The van der Waals surface area contributed by atoms with E-state index in [0.29, 0.717) is 5.56 Å². The third kappa shape index (κ3) is 4.40. The number of aryl methyl sites for hydroxylation is 1. The molecule has 162 valence electrons. The van der Waals surface area contributed by atoms with Crippen LogP contribution in [0.5, 0.6) is 0 Å². The van der Waals surface area contributed by atoms with Crippen LogP contribution in [0.25, 0.3) is 30.3 Å². The van der Waals surface area contributed by atoms with Gasteiger partial charge in [-0.3, -0.25) is 0 Å². The Morgan fingerprint density at radius 3 is 2.31 bits per heavy atom. The molecule has 2 aromatic heterocycles. The molecule has 0 atom stereocenters. The number of thiophene rings is 2. The SMILES string of the molecule is CCCCc1ccc(-c2cc3sc(-c4ccc(C#N)cc4)cc3s2)c(C2CCCCC2)c1. The Balaban J connectivity index is 1.49. The van der Waals surface area contributed by atoms with Crippen molar-refractivity contribution >= 4 is 32.1 Å². The van der Waals surface area contributed by atoms with E-state index < -0.39 is 0 Å². The smallest absolute Gasteiger partial charge is 0.0991 e. The molecule has 3 heteroatoms. The Morgan fingerprint density at radius 2 is 1.59 bits per heavy atom. The van der Waals surface area contributed by atoms with E-state index in [4.69, 9.17) is 5.26 Å². The van der Waals surface area contributed by atoms with Crippen molar-refractivity contribution in [3.63, 3.8) is 0 Å². The minimum Gasteiger partial charge on any atom is -0.192 e. The van der Waals surface area contributed by atoms with Crippen molar-refractivity contribution in [3.8, 4) is 27.0 Å². The van der Waals surface area contributed by atoms with Crippen molar-refractivity contribution in [2.75, 3.05) is 0 Å². The van der Waals surface area contributed by atoms with Gasteiger partial charge in [-0.15, -0.1) is 22.7 Å². The molecule has 0 aliphatic heterocycles. The molecule has 0 N–H and O–H groups in total. The highest BCUT2D eigenvalue weighted by atomic mass is 32.1. The van der Waals surface area contributed by atoms with Gasteiger partial charge < -0.3 is 0 Å². The van der Waals surface area contributed by atoms with Gasteiger partial charge in [0.15, 0.2) is 0 Å². The maximum atomic E-state index is 9.05. The highest BCUT2D eigenvalue weighted by molar-refractivity contribution is 7.31. The minimum atomic E-state index is 0.715. The predicted molar refractivity (Wildman–Crippen MR) is 140 cm³/mol. The first-order chi connectivity index (χ1) is 15.7. The minimum absolute atomic E-state index is 0.715. The lowest BCUT2D eigenvalue weighted by molar-refractivity contribution is 0.444. The Kier molecular flexibility index (Phi) is 6.44. The lowest BCUT2D eigenvalue weighted by Crippen LogP contribution is -2.06. The summed E-state index contributed by atoms with van der Waals surface area (Å²) in [6.45, 7) is 2.28. The first kappa shape index (κ1) is 21.4. The van der Waals surface area contributed by atoms with Crippen LogP contribution >= 0.6 is 22.7 Å². The molecule has 5 rings (SSSR count). The van der Waals surface area contributed by atoms with E-state index in [1.165, 1.54) is 87.2 Å². The Bertz CT molecular complexity index is 1220. The van der Waals surface area contributed by atoms with Gasteiger partial charge in [-0.25, -0.2) is 0 Å². The average molecular weight is 456 g/mol. The molecule has 1 saturated carbocycles. The van der Waals surface area contributed by atoms with Crippen LogP contribution in [0.3, 0.4) is 0 Å². The van der Waals surface area contributed by atoms with Crippen molar-refractivity contribution in [2.45, 2.75) is 64.2 Å². The zero-order valence-electron chi connectivity index (χ0n) is 18.7.